The molecule has 3 N–H and O–H groups in total. The number of benzene rings is 3. The maximum Gasteiger partial charge on any atom is 0.329 e. The summed E-state index contributed by atoms with van der Waals surface area (Å²) in [6.07, 6.45) is 1.35. The second kappa shape index (κ2) is 11.8. The summed E-state index contributed by atoms with van der Waals surface area (Å²) < 4.78 is 5.49. The second-order valence-electron chi connectivity index (χ2n) is 7.00. The molecule has 0 atom stereocenters. The summed E-state index contributed by atoms with van der Waals surface area (Å²) >= 11 is 11.9. The molecule has 0 unspecified atom stereocenters. The van der Waals surface area contributed by atoms with E-state index in [1.165, 1.54) is 12.3 Å². The van der Waals surface area contributed by atoms with Gasteiger partial charge in [0.1, 0.15) is 5.75 Å². The minimum Gasteiger partial charge on any atom is -0.484 e. The van der Waals surface area contributed by atoms with Crippen LogP contribution in [-0.4, -0.2) is 30.5 Å². The first kappa shape index (κ1) is 24.8. The fourth-order valence-corrected chi connectivity index (χ4v) is 3.17. The lowest BCUT2D eigenvalue weighted by atomic mass is 10.2. The molecule has 0 saturated carbocycles. The number of nitrogens with one attached hydrogen (secondary N) is 3. The molecule has 3 amide bonds. The van der Waals surface area contributed by atoms with Crippen LogP contribution >= 0.6 is 23.2 Å². The van der Waals surface area contributed by atoms with Gasteiger partial charge in [-0.2, -0.15) is 5.10 Å². The van der Waals surface area contributed by atoms with Gasteiger partial charge in [0.05, 0.1) is 16.9 Å². The number of rotatable bonds is 7. The van der Waals surface area contributed by atoms with Gasteiger partial charge in [-0.05, 0) is 54.4 Å². The Bertz CT molecular complexity index is 1250. The molecule has 8 nitrogen and oxygen atoms in total. The van der Waals surface area contributed by atoms with Crippen LogP contribution in [0.3, 0.4) is 0 Å². The molecule has 174 valence electrons. The zero-order valence-corrected chi connectivity index (χ0v) is 19.5. The van der Waals surface area contributed by atoms with Crippen LogP contribution in [0.1, 0.15) is 11.1 Å². The molecule has 3 aromatic carbocycles. The van der Waals surface area contributed by atoms with Crippen LogP contribution in [0.15, 0.2) is 71.8 Å². The van der Waals surface area contributed by atoms with Crippen molar-refractivity contribution in [3.05, 3.63) is 87.9 Å². The minimum atomic E-state index is -0.913. The maximum absolute atomic E-state index is 12.1. The van der Waals surface area contributed by atoms with Gasteiger partial charge in [0, 0.05) is 10.7 Å². The largest absolute Gasteiger partial charge is 0.484 e. The van der Waals surface area contributed by atoms with E-state index in [0.29, 0.717) is 32.7 Å². The van der Waals surface area contributed by atoms with Gasteiger partial charge in [-0.1, -0.05) is 53.5 Å². The predicted molar refractivity (Wildman–Crippen MR) is 133 cm³/mol. The Hall–Kier alpha value is -3.88. The molecule has 0 aromatic heterocycles. The van der Waals surface area contributed by atoms with Gasteiger partial charge < -0.3 is 15.4 Å². The molecule has 0 bridgehead atoms. The molecule has 0 aliphatic rings. The lowest BCUT2D eigenvalue weighted by Crippen LogP contribution is -2.32. The summed E-state index contributed by atoms with van der Waals surface area (Å²) in [5.41, 5.74) is 4.54. The molecule has 10 heteroatoms. The van der Waals surface area contributed by atoms with Gasteiger partial charge in [0.25, 0.3) is 5.91 Å². The topological polar surface area (TPSA) is 109 Å². The Kier molecular flexibility index (Phi) is 8.61. The number of hydrogen-bond acceptors (Lipinski definition) is 5. The number of nitrogens with zero attached hydrogens (tertiary/aromatic N) is 1. The highest BCUT2D eigenvalue weighted by atomic mass is 35.5. The standard InChI is InChI=1S/C24H20Cl2N4O4/c1-15-5-2-3-8-20(15)29-23(32)24(33)30-27-13-16-6-4-7-18(11-16)34-14-22(31)28-21-10-9-17(25)12-19(21)26/h2-13H,14H2,1H3,(H,28,31)(H,29,32)(H,30,33)/b27-13-. The summed E-state index contributed by atoms with van der Waals surface area (Å²) in [4.78, 5) is 36.1. The first-order valence-electron chi connectivity index (χ1n) is 9.99. The SMILES string of the molecule is Cc1ccccc1NC(=O)C(=O)N/N=C\c1cccc(OCC(=O)Nc2ccc(Cl)cc2Cl)c1. The monoisotopic (exact) mass is 498 g/mol. The lowest BCUT2D eigenvalue weighted by molar-refractivity contribution is -0.136. The number of ether oxygens (including phenoxy) is 1. The van der Waals surface area contributed by atoms with E-state index in [9.17, 15) is 14.4 Å². The predicted octanol–water partition coefficient (Wildman–Crippen LogP) is 4.41. The number of para-hydroxylation sites is 1. The highest BCUT2D eigenvalue weighted by Gasteiger charge is 2.13. The van der Waals surface area contributed by atoms with Crippen molar-refractivity contribution in [1.29, 1.82) is 0 Å². The van der Waals surface area contributed by atoms with E-state index < -0.39 is 17.7 Å². The highest BCUT2D eigenvalue weighted by molar-refractivity contribution is 6.39. The number of hydrogen-bond donors (Lipinski definition) is 3. The average Bonchev–Trinajstić information content (AvgIpc) is 2.81. The smallest absolute Gasteiger partial charge is 0.329 e. The van der Waals surface area contributed by atoms with Crippen LogP contribution < -0.4 is 20.8 Å². The second-order valence-corrected chi connectivity index (χ2v) is 7.85. The van der Waals surface area contributed by atoms with E-state index >= 15 is 0 Å². The Morgan fingerprint density at radius 1 is 0.912 bits per heavy atom. The third-order valence-electron chi connectivity index (χ3n) is 4.41. The zero-order valence-electron chi connectivity index (χ0n) is 18.0. The third-order valence-corrected chi connectivity index (χ3v) is 4.96. The molecule has 0 aliphatic carbocycles. The van der Waals surface area contributed by atoms with E-state index in [0.717, 1.165) is 5.56 Å². The summed E-state index contributed by atoms with van der Waals surface area (Å²) in [6, 6.07) is 18.5. The van der Waals surface area contributed by atoms with Crippen LogP contribution in [0.4, 0.5) is 11.4 Å². The first-order valence-corrected chi connectivity index (χ1v) is 10.7. The summed E-state index contributed by atoms with van der Waals surface area (Å²) in [7, 11) is 0. The highest BCUT2D eigenvalue weighted by Crippen LogP contribution is 2.25. The summed E-state index contributed by atoms with van der Waals surface area (Å²) in [5, 5.41) is 9.72. The maximum atomic E-state index is 12.1. The number of hydrazone groups is 1. The Morgan fingerprint density at radius 2 is 1.71 bits per heavy atom. The summed E-state index contributed by atoms with van der Waals surface area (Å²) in [5.74, 6) is -1.75. The molecule has 0 saturated heterocycles. The molecule has 0 radical (unpaired) electrons. The van der Waals surface area contributed by atoms with Gasteiger partial charge in [-0.15, -0.1) is 0 Å². The molecule has 0 fully saturated rings. The van der Waals surface area contributed by atoms with E-state index in [4.69, 9.17) is 27.9 Å². The van der Waals surface area contributed by atoms with Gasteiger partial charge in [0.2, 0.25) is 0 Å². The van der Waals surface area contributed by atoms with Crippen molar-refractivity contribution >= 4 is 58.5 Å². The number of halogens is 2. The van der Waals surface area contributed by atoms with E-state index in [-0.39, 0.29) is 6.61 Å². The number of carbonyl (C=O) groups excluding carboxylic acids is 3. The Balaban J connectivity index is 1.49. The molecule has 0 heterocycles. The van der Waals surface area contributed by atoms with Crippen molar-refractivity contribution in [3.8, 4) is 5.75 Å². The molecule has 34 heavy (non-hydrogen) atoms. The molecule has 0 aliphatic heterocycles. The van der Waals surface area contributed by atoms with Gasteiger partial charge in [0.15, 0.2) is 6.61 Å². The third kappa shape index (κ3) is 7.33. The molecule has 0 spiro atoms. The lowest BCUT2D eigenvalue weighted by Gasteiger charge is -2.09. The van der Waals surface area contributed by atoms with Crippen LogP contribution in [-0.2, 0) is 14.4 Å². The zero-order chi connectivity index (χ0) is 24.5. The van der Waals surface area contributed by atoms with Gasteiger partial charge in [-0.3, -0.25) is 14.4 Å². The van der Waals surface area contributed by atoms with E-state index in [1.807, 2.05) is 19.1 Å². The van der Waals surface area contributed by atoms with Crippen molar-refractivity contribution in [1.82, 2.24) is 5.43 Å². The normalized spacial score (nSPS) is 10.6. The Morgan fingerprint density at radius 3 is 2.47 bits per heavy atom. The van der Waals surface area contributed by atoms with Crippen LogP contribution in [0.25, 0.3) is 0 Å². The number of anilines is 2. The number of carbonyl (C=O) groups is 3. The van der Waals surface area contributed by atoms with Crippen molar-refractivity contribution in [2.45, 2.75) is 6.92 Å². The van der Waals surface area contributed by atoms with Crippen LogP contribution in [0.2, 0.25) is 10.0 Å². The van der Waals surface area contributed by atoms with Crippen molar-refractivity contribution < 1.29 is 19.1 Å². The number of amides is 3. The van der Waals surface area contributed by atoms with Crippen molar-refractivity contribution in [2.24, 2.45) is 5.10 Å². The van der Waals surface area contributed by atoms with E-state index in [1.54, 1.807) is 48.5 Å². The van der Waals surface area contributed by atoms with Crippen LogP contribution in [0, 0.1) is 6.92 Å². The number of aryl methyl sites for hydroxylation is 1. The Labute approximate surface area is 205 Å². The van der Waals surface area contributed by atoms with Crippen LogP contribution in [0.5, 0.6) is 5.75 Å². The first-order chi connectivity index (χ1) is 16.3. The molecular weight excluding hydrogens is 479 g/mol. The quantitative estimate of drug-likeness (QED) is 0.254. The van der Waals surface area contributed by atoms with Gasteiger partial charge in [-0.25, -0.2) is 5.43 Å². The fraction of sp³-hybridized carbons (Fsp3) is 0.0833. The van der Waals surface area contributed by atoms with E-state index in [2.05, 4.69) is 21.2 Å². The fourth-order valence-electron chi connectivity index (χ4n) is 2.72. The molecule has 3 aromatic rings. The van der Waals surface area contributed by atoms with Gasteiger partial charge >= 0.3 is 11.8 Å². The molecule has 3 rings (SSSR count). The van der Waals surface area contributed by atoms with Crippen molar-refractivity contribution in [3.63, 3.8) is 0 Å². The molecular formula is C24H20Cl2N4O4. The average molecular weight is 499 g/mol. The minimum absolute atomic E-state index is 0.255. The van der Waals surface area contributed by atoms with Crippen molar-refractivity contribution in [2.75, 3.05) is 17.2 Å². The summed E-state index contributed by atoms with van der Waals surface area (Å²) in [6.45, 7) is 1.56.